The molecular formula is C17H19F3N4O3. The first kappa shape index (κ1) is 20.4. The maximum atomic E-state index is 12.6. The molecule has 0 saturated carbocycles. The topological polar surface area (TPSA) is 86.1 Å². The highest BCUT2D eigenvalue weighted by Gasteiger charge is 2.30. The molecule has 146 valence electrons. The van der Waals surface area contributed by atoms with Gasteiger partial charge in [0.05, 0.1) is 29.6 Å². The predicted molar refractivity (Wildman–Crippen MR) is 89.3 cm³/mol. The van der Waals surface area contributed by atoms with E-state index >= 15 is 0 Å². The van der Waals surface area contributed by atoms with Gasteiger partial charge in [-0.15, -0.1) is 0 Å². The van der Waals surface area contributed by atoms with Crippen molar-refractivity contribution < 1.29 is 27.5 Å². The first-order chi connectivity index (χ1) is 12.7. The summed E-state index contributed by atoms with van der Waals surface area (Å²) in [6.07, 6.45) is -1.82. The summed E-state index contributed by atoms with van der Waals surface area (Å²) in [6.45, 7) is 3.91. The highest BCUT2D eigenvalue weighted by atomic mass is 19.4. The standard InChI is InChI=1S/C17H19F3N4O3/c1-3-27-15(25)5-4-8-21-16(26)13-10-23-24(11(13)2)14-7-6-12(9-22-14)17(18,19)20/h6-7,9-10H,3-5,8H2,1-2H3,(H,21,26). The Morgan fingerprint density at radius 2 is 2.00 bits per heavy atom. The number of ether oxygens (including phenoxy) is 1. The Morgan fingerprint density at radius 1 is 1.26 bits per heavy atom. The maximum Gasteiger partial charge on any atom is 0.417 e. The number of esters is 1. The molecular weight excluding hydrogens is 365 g/mol. The minimum absolute atomic E-state index is 0.168. The van der Waals surface area contributed by atoms with Crippen LogP contribution in [0.5, 0.6) is 0 Å². The van der Waals surface area contributed by atoms with Gasteiger partial charge >= 0.3 is 12.1 Å². The number of pyridine rings is 1. The van der Waals surface area contributed by atoms with E-state index in [1.165, 1.54) is 16.9 Å². The van der Waals surface area contributed by atoms with Crippen LogP contribution in [-0.2, 0) is 15.7 Å². The van der Waals surface area contributed by atoms with Gasteiger partial charge in [0.1, 0.15) is 0 Å². The molecule has 1 amide bonds. The van der Waals surface area contributed by atoms with Gasteiger partial charge in [-0.1, -0.05) is 0 Å². The second kappa shape index (κ2) is 8.65. The fraction of sp³-hybridized carbons (Fsp3) is 0.412. The van der Waals surface area contributed by atoms with Crippen molar-refractivity contribution in [2.45, 2.75) is 32.9 Å². The molecule has 1 N–H and O–H groups in total. The molecule has 0 radical (unpaired) electrons. The van der Waals surface area contributed by atoms with Crippen LogP contribution in [-0.4, -0.2) is 39.8 Å². The molecule has 0 bridgehead atoms. The summed E-state index contributed by atoms with van der Waals surface area (Å²) in [6, 6.07) is 2.09. The number of hydrogen-bond donors (Lipinski definition) is 1. The van der Waals surface area contributed by atoms with E-state index in [0.717, 1.165) is 6.07 Å². The molecule has 0 atom stereocenters. The average Bonchev–Trinajstić information content (AvgIpc) is 3.00. The molecule has 0 aliphatic heterocycles. The number of aromatic nitrogens is 3. The fourth-order valence-corrected chi connectivity index (χ4v) is 2.31. The Kier molecular flexibility index (Phi) is 6.54. The van der Waals surface area contributed by atoms with Gasteiger partial charge in [-0.3, -0.25) is 9.59 Å². The van der Waals surface area contributed by atoms with E-state index in [4.69, 9.17) is 4.74 Å². The molecule has 2 heterocycles. The molecule has 10 heteroatoms. The molecule has 2 aromatic rings. The van der Waals surface area contributed by atoms with Crippen LogP contribution < -0.4 is 5.32 Å². The van der Waals surface area contributed by atoms with Gasteiger partial charge in [-0.2, -0.15) is 18.3 Å². The monoisotopic (exact) mass is 384 g/mol. The quantitative estimate of drug-likeness (QED) is 0.586. The summed E-state index contributed by atoms with van der Waals surface area (Å²) in [7, 11) is 0. The van der Waals surface area contributed by atoms with Crippen LogP contribution >= 0.6 is 0 Å². The lowest BCUT2D eigenvalue weighted by molar-refractivity contribution is -0.143. The molecule has 0 fully saturated rings. The lowest BCUT2D eigenvalue weighted by Gasteiger charge is -2.08. The smallest absolute Gasteiger partial charge is 0.417 e. The van der Waals surface area contributed by atoms with E-state index in [1.807, 2.05) is 0 Å². The van der Waals surface area contributed by atoms with Crippen molar-refractivity contribution in [1.82, 2.24) is 20.1 Å². The van der Waals surface area contributed by atoms with Crippen molar-refractivity contribution in [2.24, 2.45) is 0 Å². The van der Waals surface area contributed by atoms with Crippen molar-refractivity contribution in [3.63, 3.8) is 0 Å². The van der Waals surface area contributed by atoms with Gasteiger partial charge in [-0.05, 0) is 32.4 Å². The molecule has 0 aliphatic rings. The van der Waals surface area contributed by atoms with Crippen molar-refractivity contribution >= 4 is 11.9 Å². The van der Waals surface area contributed by atoms with Crippen LogP contribution in [0.3, 0.4) is 0 Å². The van der Waals surface area contributed by atoms with Gasteiger partial charge in [0, 0.05) is 19.2 Å². The minimum atomic E-state index is -4.47. The van der Waals surface area contributed by atoms with Crippen LogP contribution in [0.4, 0.5) is 13.2 Å². The largest absolute Gasteiger partial charge is 0.466 e. The summed E-state index contributed by atoms with van der Waals surface area (Å²) in [5, 5.41) is 6.68. The summed E-state index contributed by atoms with van der Waals surface area (Å²) >= 11 is 0. The summed E-state index contributed by atoms with van der Waals surface area (Å²) in [4.78, 5) is 27.2. The number of halogens is 3. The van der Waals surface area contributed by atoms with Gasteiger partial charge in [0.15, 0.2) is 5.82 Å². The SMILES string of the molecule is CCOC(=O)CCCNC(=O)c1cnn(-c2ccc(C(F)(F)F)cn2)c1C. The molecule has 2 rings (SSSR count). The Morgan fingerprint density at radius 3 is 2.59 bits per heavy atom. The van der Waals surface area contributed by atoms with Gasteiger partial charge < -0.3 is 10.1 Å². The van der Waals surface area contributed by atoms with Crippen LogP contribution in [0.15, 0.2) is 24.5 Å². The van der Waals surface area contributed by atoms with Crippen LogP contribution in [0.1, 0.15) is 41.4 Å². The van der Waals surface area contributed by atoms with Crippen molar-refractivity contribution in [3.05, 3.63) is 41.3 Å². The molecule has 0 aromatic carbocycles. The third-order valence-corrected chi connectivity index (χ3v) is 3.70. The number of carbonyl (C=O) groups is 2. The molecule has 0 unspecified atom stereocenters. The first-order valence-electron chi connectivity index (χ1n) is 8.26. The van der Waals surface area contributed by atoms with Gasteiger partial charge in [0.2, 0.25) is 0 Å². The van der Waals surface area contributed by atoms with E-state index in [2.05, 4.69) is 15.4 Å². The molecule has 2 aromatic heterocycles. The van der Waals surface area contributed by atoms with Crippen molar-refractivity contribution in [1.29, 1.82) is 0 Å². The highest BCUT2D eigenvalue weighted by Crippen LogP contribution is 2.28. The lowest BCUT2D eigenvalue weighted by Crippen LogP contribution is -2.25. The third-order valence-electron chi connectivity index (χ3n) is 3.70. The van der Waals surface area contributed by atoms with Gasteiger partial charge in [0.25, 0.3) is 5.91 Å². The zero-order chi connectivity index (χ0) is 20.0. The van der Waals surface area contributed by atoms with Crippen LogP contribution in [0, 0.1) is 6.92 Å². The third kappa shape index (κ3) is 5.28. The number of hydrogen-bond acceptors (Lipinski definition) is 5. The molecule has 0 spiro atoms. The molecule has 0 aliphatic carbocycles. The van der Waals surface area contributed by atoms with Gasteiger partial charge in [-0.25, -0.2) is 9.67 Å². The zero-order valence-electron chi connectivity index (χ0n) is 14.8. The van der Waals surface area contributed by atoms with Crippen molar-refractivity contribution in [3.8, 4) is 5.82 Å². The van der Waals surface area contributed by atoms with Crippen LogP contribution in [0.2, 0.25) is 0 Å². The number of carbonyl (C=O) groups excluding carboxylic acids is 2. The minimum Gasteiger partial charge on any atom is -0.466 e. The highest BCUT2D eigenvalue weighted by molar-refractivity contribution is 5.95. The Balaban J connectivity index is 2.00. The predicted octanol–water partition coefficient (Wildman–Crippen LogP) is 2.67. The lowest BCUT2D eigenvalue weighted by atomic mass is 10.2. The van der Waals surface area contributed by atoms with E-state index in [0.29, 0.717) is 24.9 Å². The van der Waals surface area contributed by atoms with E-state index in [9.17, 15) is 22.8 Å². The summed E-state index contributed by atoms with van der Waals surface area (Å²) < 4.78 is 43.9. The van der Waals surface area contributed by atoms with E-state index in [-0.39, 0.29) is 30.3 Å². The average molecular weight is 384 g/mol. The Bertz CT molecular complexity index is 801. The summed E-state index contributed by atoms with van der Waals surface area (Å²) in [5.74, 6) is -0.555. The van der Waals surface area contributed by atoms with Crippen molar-refractivity contribution in [2.75, 3.05) is 13.2 Å². The number of nitrogens with one attached hydrogen (secondary N) is 1. The molecule has 0 saturated heterocycles. The number of rotatable bonds is 7. The van der Waals surface area contributed by atoms with Crippen LogP contribution in [0.25, 0.3) is 5.82 Å². The Hall–Kier alpha value is -2.91. The fourth-order valence-electron chi connectivity index (χ4n) is 2.31. The first-order valence-corrected chi connectivity index (χ1v) is 8.26. The summed E-state index contributed by atoms with van der Waals surface area (Å²) in [5.41, 5.74) is -0.159. The van der Waals surface area contributed by atoms with E-state index in [1.54, 1.807) is 13.8 Å². The second-order valence-corrected chi connectivity index (χ2v) is 5.62. The normalized spacial score (nSPS) is 11.3. The molecule has 7 nitrogen and oxygen atoms in total. The Labute approximate surface area is 153 Å². The number of alkyl halides is 3. The second-order valence-electron chi connectivity index (χ2n) is 5.62. The number of nitrogens with zero attached hydrogens (tertiary/aromatic N) is 3. The van der Waals surface area contributed by atoms with E-state index < -0.39 is 17.6 Å². The maximum absolute atomic E-state index is 12.6. The zero-order valence-corrected chi connectivity index (χ0v) is 14.8. The number of amides is 1. The molecule has 27 heavy (non-hydrogen) atoms.